The summed E-state index contributed by atoms with van der Waals surface area (Å²) in [5.41, 5.74) is 1.45. The van der Waals surface area contributed by atoms with Gasteiger partial charge in [0, 0.05) is 31.7 Å². The Labute approximate surface area is 129 Å². The van der Waals surface area contributed by atoms with Crippen LogP contribution in [0.4, 0.5) is 0 Å². The molecular formula is C19H28N2. The van der Waals surface area contributed by atoms with Gasteiger partial charge < -0.3 is 5.32 Å². The molecule has 21 heavy (non-hydrogen) atoms. The predicted octanol–water partition coefficient (Wildman–Crippen LogP) is 3.25. The standard InChI is InChI=1S/C19H28N2/c1-16-13-20-19(12-17-8-4-2-5-9-17)15-21(16)14-18-10-6-3-7-11-18/h2-6,8-9,16,18-20H,7,10-15H2,1H3. The second kappa shape index (κ2) is 7.24. The predicted molar refractivity (Wildman–Crippen MR) is 89.5 cm³/mol. The van der Waals surface area contributed by atoms with Crippen molar-refractivity contribution >= 4 is 0 Å². The van der Waals surface area contributed by atoms with Gasteiger partial charge in [0.25, 0.3) is 0 Å². The Morgan fingerprint density at radius 1 is 1.19 bits per heavy atom. The Morgan fingerprint density at radius 2 is 2.05 bits per heavy atom. The van der Waals surface area contributed by atoms with E-state index in [0.717, 1.165) is 18.9 Å². The molecule has 2 nitrogen and oxygen atoms in total. The highest BCUT2D eigenvalue weighted by Crippen LogP contribution is 2.21. The lowest BCUT2D eigenvalue weighted by molar-refractivity contribution is 0.116. The van der Waals surface area contributed by atoms with Gasteiger partial charge in [0.2, 0.25) is 0 Å². The molecule has 3 rings (SSSR count). The fourth-order valence-corrected chi connectivity index (χ4v) is 3.64. The summed E-state index contributed by atoms with van der Waals surface area (Å²) >= 11 is 0. The van der Waals surface area contributed by atoms with Gasteiger partial charge in [-0.25, -0.2) is 0 Å². The van der Waals surface area contributed by atoms with Crippen molar-refractivity contribution in [2.75, 3.05) is 19.6 Å². The molecule has 1 aliphatic carbocycles. The Morgan fingerprint density at radius 3 is 2.81 bits per heavy atom. The van der Waals surface area contributed by atoms with Crippen LogP contribution in [0, 0.1) is 5.92 Å². The maximum absolute atomic E-state index is 3.73. The molecule has 3 atom stereocenters. The van der Waals surface area contributed by atoms with Crippen LogP contribution in [0.25, 0.3) is 0 Å². The van der Waals surface area contributed by atoms with Crippen LogP contribution in [0.15, 0.2) is 42.5 Å². The maximum Gasteiger partial charge on any atom is 0.0236 e. The van der Waals surface area contributed by atoms with Crippen LogP contribution in [-0.4, -0.2) is 36.6 Å². The molecule has 114 valence electrons. The van der Waals surface area contributed by atoms with Crippen molar-refractivity contribution in [1.29, 1.82) is 0 Å². The summed E-state index contributed by atoms with van der Waals surface area (Å²) < 4.78 is 0. The lowest BCUT2D eigenvalue weighted by atomic mass is 9.92. The van der Waals surface area contributed by atoms with E-state index in [-0.39, 0.29) is 0 Å². The van der Waals surface area contributed by atoms with Crippen molar-refractivity contribution < 1.29 is 0 Å². The van der Waals surface area contributed by atoms with Crippen molar-refractivity contribution in [2.24, 2.45) is 5.92 Å². The highest BCUT2D eigenvalue weighted by molar-refractivity contribution is 5.16. The first-order valence-corrected chi connectivity index (χ1v) is 8.47. The summed E-state index contributed by atoms with van der Waals surface area (Å²) in [4.78, 5) is 2.72. The van der Waals surface area contributed by atoms with Crippen LogP contribution in [0.3, 0.4) is 0 Å². The van der Waals surface area contributed by atoms with Gasteiger partial charge in [0.05, 0.1) is 0 Å². The lowest BCUT2D eigenvalue weighted by Gasteiger charge is -2.41. The first-order chi connectivity index (χ1) is 10.3. The molecule has 3 unspecified atom stereocenters. The zero-order valence-electron chi connectivity index (χ0n) is 13.2. The van der Waals surface area contributed by atoms with E-state index < -0.39 is 0 Å². The molecule has 1 N–H and O–H groups in total. The molecule has 0 radical (unpaired) electrons. The number of piperazine rings is 1. The molecule has 1 aromatic rings. The smallest absolute Gasteiger partial charge is 0.0236 e. The molecule has 1 aromatic carbocycles. The summed E-state index contributed by atoms with van der Waals surface area (Å²) in [6, 6.07) is 12.2. The number of benzene rings is 1. The van der Waals surface area contributed by atoms with E-state index in [1.165, 1.54) is 37.9 Å². The summed E-state index contributed by atoms with van der Waals surface area (Å²) in [5.74, 6) is 0.868. The van der Waals surface area contributed by atoms with Gasteiger partial charge in [-0.15, -0.1) is 0 Å². The normalized spacial score (nSPS) is 30.4. The molecular weight excluding hydrogens is 256 g/mol. The van der Waals surface area contributed by atoms with E-state index in [1.54, 1.807) is 0 Å². The van der Waals surface area contributed by atoms with E-state index in [4.69, 9.17) is 0 Å². The number of rotatable bonds is 4. The minimum absolute atomic E-state index is 0.600. The molecule has 0 aromatic heterocycles. The van der Waals surface area contributed by atoms with Crippen molar-refractivity contribution in [3.8, 4) is 0 Å². The Balaban J connectivity index is 1.55. The largest absolute Gasteiger partial charge is 0.311 e. The van der Waals surface area contributed by atoms with Gasteiger partial charge in [0.15, 0.2) is 0 Å². The first kappa shape index (κ1) is 14.8. The minimum Gasteiger partial charge on any atom is -0.311 e. The summed E-state index contributed by atoms with van der Waals surface area (Å²) in [5, 5.41) is 3.73. The topological polar surface area (TPSA) is 15.3 Å². The second-order valence-corrected chi connectivity index (χ2v) is 6.75. The summed E-state index contributed by atoms with van der Waals surface area (Å²) in [6.07, 6.45) is 9.79. The average Bonchev–Trinajstić information content (AvgIpc) is 2.53. The van der Waals surface area contributed by atoms with Crippen LogP contribution < -0.4 is 5.32 Å². The van der Waals surface area contributed by atoms with Gasteiger partial charge in [0.1, 0.15) is 0 Å². The van der Waals surface area contributed by atoms with E-state index >= 15 is 0 Å². The number of hydrogen-bond acceptors (Lipinski definition) is 2. The zero-order valence-corrected chi connectivity index (χ0v) is 13.2. The van der Waals surface area contributed by atoms with Crippen LogP contribution in [0.1, 0.15) is 31.7 Å². The maximum atomic E-state index is 3.73. The average molecular weight is 284 g/mol. The number of hydrogen-bond donors (Lipinski definition) is 1. The Kier molecular flexibility index (Phi) is 5.10. The van der Waals surface area contributed by atoms with Gasteiger partial charge >= 0.3 is 0 Å². The first-order valence-electron chi connectivity index (χ1n) is 8.47. The Bertz CT molecular complexity index is 454. The molecule has 1 fully saturated rings. The molecule has 0 bridgehead atoms. The SMILES string of the molecule is CC1CNC(Cc2ccccc2)CN1CC1CC=CCC1. The summed E-state index contributed by atoms with van der Waals surface area (Å²) in [7, 11) is 0. The quantitative estimate of drug-likeness (QED) is 0.854. The van der Waals surface area contributed by atoms with Crippen LogP contribution in [0.2, 0.25) is 0 Å². The van der Waals surface area contributed by atoms with E-state index in [1.807, 2.05) is 0 Å². The van der Waals surface area contributed by atoms with Gasteiger partial charge in [-0.05, 0) is 44.1 Å². The monoisotopic (exact) mass is 284 g/mol. The molecule has 1 saturated heterocycles. The fourth-order valence-electron chi connectivity index (χ4n) is 3.64. The van der Waals surface area contributed by atoms with E-state index in [2.05, 4.69) is 59.6 Å². The Hall–Kier alpha value is -1.12. The van der Waals surface area contributed by atoms with Crippen molar-refractivity contribution in [2.45, 2.75) is 44.7 Å². The third-order valence-corrected chi connectivity index (χ3v) is 4.98. The van der Waals surface area contributed by atoms with Gasteiger partial charge in [-0.1, -0.05) is 42.5 Å². The molecule has 2 aliphatic rings. The third-order valence-electron chi connectivity index (χ3n) is 4.98. The number of allylic oxidation sites excluding steroid dienone is 2. The zero-order chi connectivity index (χ0) is 14.5. The number of nitrogens with zero attached hydrogens (tertiary/aromatic N) is 1. The highest BCUT2D eigenvalue weighted by atomic mass is 15.2. The highest BCUT2D eigenvalue weighted by Gasteiger charge is 2.26. The third kappa shape index (κ3) is 4.18. The molecule has 0 saturated carbocycles. The minimum atomic E-state index is 0.600. The molecule has 2 heteroatoms. The molecule has 1 heterocycles. The van der Waals surface area contributed by atoms with Crippen LogP contribution in [-0.2, 0) is 6.42 Å². The van der Waals surface area contributed by atoms with Crippen molar-refractivity contribution in [3.05, 3.63) is 48.0 Å². The fraction of sp³-hybridized carbons (Fsp3) is 0.579. The summed E-state index contributed by atoms with van der Waals surface area (Å²) in [6.45, 7) is 5.96. The molecule has 1 aliphatic heterocycles. The molecule has 0 amide bonds. The van der Waals surface area contributed by atoms with Crippen LogP contribution >= 0.6 is 0 Å². The van der Waals surface area contributed by atoms with Gasteiger partial charge in [-0.3, -0.25) is 4.90 Å². The second-order valence-electron chi connectivity index (χ2n) is 6.75. The number of nitrogens with one attached hydrogen (secondary N) is 1. The lowest BCUT2D eigenvalue weighted by Crippen LogP contribution is -2.57. The van der Waals surface area contributed by atoms with E-state index in [9.17, 15) is 0 Å². The molecule has 0 spiro atoms. The van der Waals surface area contributed by atoms with Gasteiger partial charge in [-0.2, -0.15) is 0 Å². The van der Waals surface area contributed by atoms with E-state index in [0.29, 0.717) is 12.1 Å². The van der Waals surface area contributed by atoms with Crippen molar-refractivity contribution in [1.82, 2.24) is 10.2 Å². The van der Waals surface area contributed by atoms with Crippen LogP contribution in [0.5, 0.6) is 0 Å². The van der Waals surface area contributed by atoms with Crippen molar-refractivity contribution in [3.63, 3.8) is 0 Å².